The van der Waals surface area contributed by atoms with E-state index in [9.17, 15) is 18.8 Å². The van der Waals surface area contributed by atoms with Crippen LogP contribution >= 0.6 is 0 Å². The van der Waals surface area contributed by atoms with Crippen LogP contribution in [-0.4, -0.2) is 14.9 Å². The molecule has 1 aliphatic rings. The highest BCUT2D eigenvalue weighted by Gasteiger charge is 2.32. The molecule has 0 atom stereocenters. The van der Waals surface area contributed by atoms with Crippen molar-refractivity contribution in [3.63, 3.8) is 0 Å². The second kappa shape index (κ2) is 5.92. The molecule has 0 saturated heterocycles. The molecular formula is C17H16FN3O3. The Morgan fingerprint density at radius 1 is 1.25 bits per heavy atom. The maximum Gasteiger partial charge on any atom is 0.332 e. The number of carbonyl (C=O) groups is 1. The lowest BCUT2D eigenvalue weighted by atomic mass is 10.1. The molecule has 0 aliphatic carbocycles. The minimum Gasteiger partial charge on any atom is -0.338 e. The molecule has 2 heterocycles. The van der Waals surface area contributed by atoms with Gasteiger partial charge in [-0.15, -0.1) is 0 Å². The van der Waals surface area contributed by atoms with Gasteiger partial charge in [-0.2, -0.15) is 0 Å². The number of benzene rings is 1. The van der Waals surface area contributed by atoms with Crippen LogP contribution in [0.5, 0.6) is 0 Å². The quantitative estimate of drug-likeness (QED) is 0.871. The van der Waals surface area contributed by atoms with Crippen LogP contribution < -0.4 is 16.6 Å². The van der Waals surface area contributed by atoms with E-state index in [0.717, 1.165) is 4.57 Å². The summed E-state index contributed by atoms with van der Waals surface area (Å²) in [6.45, 7) is 2.27. The number of allylic oxidation sites excluding steroid dienone is 1. The van der Waals surface area contributed by atoms with Crippen LogP contribution in [0.1, 0.15) is 29.3 Å². The zero-order valence-electron chi connectivity index (χ0n) is 13.3. The molecule has 24 heavy (non-hydrogen) atoms. The number of carbonyl (C=O) groups excluding carboxylic acids is 1. The highest BCUT2D eigenvalue weighted by Crippen LogP contribution is 2.25. The van der Waals surface area contributed by atoms with Gasteiger partial charge < -0.3 is 5.32 Å². The lowest BCUT2D eigenvalue weighted by Gasteiger charge is -2.11. The molecule has 2 aromatic rings. The number of hydrogen-bond donors (Lipinski definition) is 1. The molecule has 6 nitrogen and oxygen atoms in total. The minimum absolute atomic E-state index is 0.0618. The van der Waals surface area contributed by atoms with Crippen LogP contribution in [0.25, 0.3) is 6.08 Å². The van der Waals surface area contributed by atoms with Gasteiger partial charge >= 0.3 is 5.69 Å². The molecule has 0 spiro atoms. The van der Waals surface area contributed by atoms with Crippen molar-refractivity contribution in [2.45, 2.75) is 19.9 Å². The summed E-state index contributed by atoms with van der Waals surface area (Å²) in [6.07, 6.45) is 2.13. The van der Waals surface area contributed by atoms with Gasteiger partial charge in [0.05, 0.1) is 5.70 Å². The third kappa shape index (κ3) is 2.47. The smallest absolute Gasteiger partial charge is 0.332 e. The van der Waals surface area contributed by atoms with Crippen molar-refractivity contribution in [3.8, 4) is 0 Å². The lowest BCUT2D eigenvalue weighted by Crippen LogP contribution is -2.40. The maximum atomic E-state index is 13.3. The normalized spacial score (nSPS) is 14.8. The molecule has 7 heteroatoms. The summed E-state index contributed by atoms with van der Waals surface area (Å²) in [6, 6.07) is 5.75. The number of Topliss-reactive ketones (excluding diaryl/α,β-unsaturated/α-hetero) is 1. The molecule has 0 radical (unpaired) electrons. The number of anilines is 1. The SMILES string of the molecule is CCCn1c2c(c(=O)n(C)c1=O)C(=O)/C(=C\c1cccc(F)c1)N2. The Morgan fingerprint density at radius 2 is 2.00 bits per heavy atom. The van der Waals surface area contributed by atoms with Crippen molar-refractivity contribution in [1.29, 1.82) is 0 Å². The number of nitrogens with one attached hydrogen (secondary N) is 1. The van der Waals surface area contributed by atoms with Crippen molar-refractivity contribution in [1.82, 2.24) is 9.13 Å². The first-order valence-electron chi connectivity index (χ1n) is 7.57. The molecule has 0 fully saturated rings. The van der Waals surface area contributed by atoms with Crippen molar-refractivity contribution in [2.75, 3.05) is 5.32 Å². The highest BCUT2D eigenvalue weighted by molar-refractivity contribution is 6.19. The van der Waals surface area contributed by atoms with Crippen LogP contribution in [0.3, 0.4) is 0 Å². The Morgan fingerprint density at radius 3 is 2.67 bits per heavy atom. The monoisotopic (exact) mass is 329 g/mol. The van der Waals surface area contributed by atoms with E-state index in [-0.39, 0.29) is 17.1 Å². The first-order chi connectivity index (χ1) is 11.4. The zero-order chi connectivity index (χ0) is 17.4. The summed E-state index contributed by atoms with van der Waals surface area (Å²) in [5.41, 5.74) is -0.549. The van der Waals surface area contributed by atoms with Gasteiger partial charge in [0.15, 0.2) is 0 Å². The summed E-state index contributed by atoms with van der Waals surface area (Å²) in [5.74, 6) is -0.719. The van der Waals surface area contributed by atoms with Gasteiger partial charge in [0, 0.05) is 13.6 Å². The van der Waals surface area contributed by atoms with Gasteiger partial charge in [-0.1, -0.05) is 19.1 Å². The molecule has 0 amide bonds. The van der Waals surface area contributed by atoms with Crippen LogP contribution in [0, 0.1) is 5.82 Å². The first kappa shape index (κ1) is 15.9. The van der Waals surface area contributed by atoms with E-state index in [1.54, 1.807) is 6.07 Å². The van der Waals surface area contributed by atoms with Gasteiger partial charge in [0.1, 0.15) is 17.2 Å². The molecule has 1 aromatic heterocycles. The van der Waals surface area contributed by atoms with Crippen molar-refractivity contribution < 1.29 is 9.18 Å². The van der Waals surface area contributed by atoms with Crippen LogP contribution in [0.2, 0.25) is 0 Å². The van der Waals surface area contributed by atoms with E-state index >= 15 is 0 Å². The second-order valence-corrected chi connectivity index (χ2v) is 5.59. The molecule has 1 aliphatic heterocycles. The molecule has 124 valence electrons. The maximum absolute atomic E-state index is 13.3. The summed E-state index contributed by atoms with van der Waals surface area (Å²) in [5, 5.41) is 2.85. The van der Waals surface area contributed by atoms with Gasteiger partial charge in [-0.05, 0) is 30.2 Å². The van der Waals surface area contributed by atoms with Gasteiger partial charge in [0.25, 0.3) is 5.56 Å². The van der Waals surface area contributed by atoms with E-state index in [1.165, 1.54) is 35.9 Å². The van der Waals surface area contributed by atoms with E-state index in [1.807, 2.05) is 6.92 Å². The fourth-order valence-electron chi connectivity index (χ4n) is 2.72. The number of aromatic nitrogens is 2. The van der Waals surface area contributed by atoms with Gasteiger partial charge in [0.2, 0.25) is 5.78 Å². The average molecular weight is 329 g/mol. The third-order valence-electron chi connectivity index (χ3n) is 3.87. The molecule has 1 aromatic carbocycles. The summed E-state index contributed by atoms with van der Waals surface area (Å²) < 4.78 is 15.6. The van der Waals surface area contributed by atoms with E-state index in [0.29, 0.717) is 18.5 Å². The Hall–Kier alpha value is -2.96. The predicted molar refractivity (Wildman–Crippen MR) is 88.6 cm³/mol. The van der Waals surface area contributed by atoms with Gasteiger partial charge in [-0.25, -0.2) is 9.18 Å². The van der Waals surface area contributed by atoms with E-state index in [4.69, 9.17) is 0 Å². The lowest BCUT2D eigenvalue weighted by molar-refractivity contribution is 0.104. The van der Waals surface area contributed by atoms with Crippen molar-refractivity contribution >= 4 is 17.7 Å². The van der Waals surface area contributed by atoms with Gasteiger partial charge in [-0.3, -0.25) is 18.7 Å². The fraction of sp³-hybridized carbons (Fsp3) is 0.235. The average Bonchev–Trinajstić information content (AvgIpc) is 2.86. The second-order valence-electron chi connectivity index (χ2n) is 5.59. The number of halogens is 1. The van der Waals surface area contributed by atoms with E-state index in [2.05, 4.69) is 5.32 Å². The summed E-state index contributed by atoms with van der Waals surface area (Å²) >= 11 is 0. The molecule has 1 N–H and O–H groups in total. The summed E-state index contributed by atoms with van der Waals surface area (Å²) in [4.78, 5) is 37.1. The largest absolute Gasteiger partial charge is 0.338 e. The zero-order valence-corrected chi connectivity index (χ0v) is 13.3. The first-order valence-corrected chi connectivity index (χ1v) is 7.57. The Balaban J connectivity index is 2.17. The van der Waals surface area contributed by atoms with Crippen LogP contribution in [-0.2, 0) is 13.6 Å². The highest BCUT2D eigenvalue weighted by atomic mass is 19.1. The Labute approximate surface area is 136 Å². The topological polar surface area (TPSA) is 73.1 Å². The summed E-state index contributed by atoms with van der Waals surface area (Å²) in [7, 11) is 1.35. The standard InChI is InChI=1S/C17H16FN3O3/c1-3-7-21-15-13(16(23)20(2)17(21)24)14(22)12(19-15)9-10-5-4-6-11(18)8-10/h4-6,8-9,19H,3,7H2,1-2H3/b12-9+. The number of ketones is 1. The number of rotatable bonds is 3. The molecule has 0 bridgehead atoms. The predicted octanol–water partition coefficient (Wildman–Crippen LogP) is 1.75. The number of nitrogens with zero attached hydrogens (tertiary/aromatic N) is 2. The van der Waals surface area contributed by atoms with E-state index < -0.39 is 22.8 Å². The molecule has 3 rings (SSSR count). The van der Waals surface area contributed by atoms with Crippen molar-refractivity contribution in [2.24, 2.45) is 7.05 Å². The molecule has 0 unspecified atom stereocenters. The number of hydrogen-bond acceptors (Lipinski definition) is 4. The van der Waals surface area contributed by atoms with Crippen LogP contribution in [0.4, 0.5) is 10.2 Å². The molecular weight excluding hydrogens is 313 g/mol. The molecule has 0 saturated carbocycles. The number of fused-ring (bicyclic) bond motifs is 1. The fourth-order valence-corrected chi connectivity index (χ4v) is 2.72. The third-order valence-corrected chi connectivity index (χ3v) is 3.87. The minimum atomic E-state index is -0.637. The van der Waals surface area contributed by atoms with Crippen molar-refractivity contribution in [3.05, 3.63) is 67.7 Å². The Bertz CT molecular complexity index is 986. The Kier molecular flexibility index (Phi) is 3.92. The van der Waals surface area contributed by atoms with Crippen LogP contribution in [0.15, 0.2) is 39.6 Å².